The van der Waals surface area contributed by atoms with E-state index in [2.05, 4.69) is 18.4 Å². The van der Waals surface area contributed by atoms with Gasteiger partial charge in [-0.15, -0.1) is 0 Å². The molecule has 0 aliphatic rings. The summed E-state index contributed by atoms with van der Waals surface area (Å²) in [6, 6.07) is 0. The molecule has 96 valence electrons. The molecule has 11 N–H and O–H groups in total. The molecule has 0 radical (unpaired) electrons. The number of rotatable bonds is 2. The Labute approximate surface area is 89.0 Å². The van der Waals surface area contributed by atoms with E-state index in [9.17, 15) is 0 Å². The zero-order valence-corrected chi connectivity index (χ0v) is 9.29. The smallest absolute Gasteiger partial charge is 0.394 e. The van der Waals surface area contributed by atoms with E-state index in [-0.39, 0.29) is 11.4 Å². The molecule has 0 saturated heterocycles. The fourth-order valence-corrected chi connectivity index (χ4v) is 0.204. The second-order valence-electron chi connectivity index (χ2n) is 2.05. The highest BCUT2D eigenvalue weighted by molar-refractivity contribution is 7.79. The Bertz CT molecular complexity index is 203. The molecule has 0 heterocycles. The van der Waals surface area contributed by atoms with Gasteiger partial charge in [-0.25, -0.2) is 0 Å². The van der Waals surface area contributed by atoms with Gasteiger partial charge in [0.25, 0.3) is 0 Å². The molecule has 10 heteroatoms. The fraction of sp³-hybridized carbons (Fsp3) is 0.800. The average Bonchev–Trinajstić information content (AvgIpc) is 1.83. The highest BCUT2D eigenvalue weighted by atomic mass is 32.3. The summed E-state index contributed by atoms with van der Waals surface area (Å²) >= 11 is 0. The molecule has 0 saturated carbocycles. The van der Waals surface area contributed by atoms with Gasteiger partial charge in [0.1, 0.15) is 0 Å². The first-order chi connectivity index (χ1) is 6.15. The molecule has 0 amide bonds. The van der Waals surface area contributed by atoms with E-state index >= 15 is 0 Å². The minimum Gasteiger partial charge on any atom is -0.412 e. The SMILES string of the molecule is CCCCN.N=C(N)N.O.O=S(=O)(O)O. The predicted octanol–water partition coefficient (Wildman–Crippen LogP) is -1.89. The quantitative estimate of drug-likeness (QED) is 0.185. The van der Waals surface area contributed by atoms with Crippen molar-refractivity contribution in [1.82, 2.24) is 0 Å². The summed E-state index contributed by atoms with van der Waals surface area (Å²) in [5.41, 5.74) is 14.1. The molecule has 15 heavy (non-hydrogen) atoms. The standard InChI is InChI=1S/C4H11N.CH5N3.H2O4S.H2O/c1-2-3-4-5;2-1(3)4;1-5(2,3)4;/h2-5H2,1H3;(H5,2,3,4);(H2,1,2,3,4);1H2. The minimum atomic E-state index is -4.67. The first-order valence-corrected chi connectivity index (χ1v) is 5.04. The topological polar surface area (TPSA) is 208 Å². The first kappa shape index (κ1) is 23.7. The van der Waals surface area contributed by atoms with Crippen LogP contribution in [0.1, 0.15) is 19.8 Å². The van der Waals surface area contributed by atoms with Gasteiger partial charge in [-0.1, -0.05) is 13.3 Å². The molecular weight excluding hydrogens is 228 g/mol. The second-order valence-corrected chi connectivity index (χ2v) is 2.94. The summed E-state index contributed by atoms with van der Waals surface area (Å²) in [5, 5.41) is 6.06. The fourth-order valence-electron chi connectivity index (χ4n) is 0.204. The number of unbranched alkanes of at least 4 members (excludes halogenated alkanes) is 1. The van der Waals surface area contributed by atoms with Gasteiger partial charge in [0.2, 0.25) is 0 Å². The molecule has 0 bridgehead atoms. The van der Waals surface area contributed by atoms with Gasteiger partial charge >= 0.3 is 10.4 Å². The van der Waals surface area contributed by atoms with Gasteiger partial charge in [0.05, 0.1) is 0 Å². The van der Waals surface area contributed by atoms with E-state index in [1.54, 1.807) is 0 Å². The summed E-state index contributed by atoms with van der Waals surface area (Å²) in [6.45, 7) is 2.98. The summed E-state index contributed by atoms with van der Waals surface area (Å²) in [5.74, 6) is -0.333. The van der Waals surface area contributed by atoms with Gasteiger partial charge in [-0.3, -0.25) is 14.5 Å². The van der Waals surface area contributed by atoms with Crippen molar-refractivity contribution in [2.24, 2.45) is 17.2 Å². The number of nitrogens with two attached hydrogens (primary N) is 3. The number of hydrogen-bond acceptors (Lipinski definition) is 4. The van der Waals surface area contributed by atoms with Crippen molar-refractivity contribution in [3.05, 3.63) is 0 Å². The van der Waals surface area contributed by atoms with Crippen LogP contribution in [-0.2, 0) is 10.4 Å². The number of hydrogen-bond donors (Lipinski definition) is 6. The third-order valence-electron chi connectivity index (χ3n) is 0.558. The van der Waals surface area contributed by atoms with E-state index in [4.69, 9.17) is 28.7 Å². The van der Waals surface area contributed by atoms with E-state index in [1.165, 1.54) is 12.8 Å². The summed E-state index contributed by atoms with van der Waals surface area (Å²) in [4.78, 5) is 0. The Morgan fingerprint density at radius 1 is 1.33 bits per heavy atom. The van der Waals surface area contributed by atoms with E-state index in [1.807, 2.05) is 0 Å². The molecule has 0 fully saturated rings. The van der Waals surface area contributed by atoms with Crippen LogP contribution in [0.4, 0.5) is 0 Å². The third kappa shape index (κ3) is 1420. The van der Waals surface area contributed by atoms with Crippen LogP contribution in [0.15, 0.2) is 0 Å². The second kappa shape index (κ2) is 15.5. The van der Waals surface area contributed by atoms with Crippen molar-refractivity contribution >= 4 is 16.4 Å². The Morgan fingerprint density at radius 2 is 1.53 bits per heavy atom. The molecule has 0 aromatic carbocycles. The maximum Gasteiger partial charge on any atom is 0.394 e. The number of guanidine groups is 1. The first-order valence-electron chi connectivity index (χ1n) is 3.64. The Kier molecular flexibility index (Phi) is 24.5. The highest BCUT2D eigenvalue weighted by Gasteiger charge is 1.84. The molecule has 0 spiro atoms. The molecule has 0 aliphatic heterocycles. The van der Waals surface area contributed by atoms with Gasteiger partial charge in [-0.05, 0) is 13.0 Å². The van der Waals surface area contributed by atoms with Crippen molar-refractivity contribution in [2.45, 2.75) is 19.8 Å². The van der Waals surface area contributed by atoms with Gasteiger partial charge in [0.15, 0.2) is 5.96 Å². The van der Waals surface area contributed by atoms with Gasteiger partial charge in [0, 0.05) is 0 Å². The Hall–Kier alpha value is -0.940. The van der Waals surface area contributed by atoms with Gasteiger partial charge in [-0.2, -0.15) is 8.42 Å². The third-order valence-corrected chi connectivity index (χ3v) is 0.558. The van der Waals surface area contributed by atoms with Crippen molar-refractivity contribution in [1.29, 1.82) is 5.41 Å². The molecule has 0 unspecified atom stereocenters. The zero-order chi connectivity index (χ0) is 12.2. The predicted molar refractivity (Wildman–Crippen MR) is 57.9 cm³/mol. The molecule has 0 aliphatic carbocycles. The zero-order valence-electron chi connectivity index (χ0n) is 8.47. The van der Waals surface area contributed by atoms with E-state index in [0.717, 1.165) is 6.54 Å². The summed E-state index contributed by atoms with van der Waals surface area (Å²) in [7, 11) is -4.67. The van der Waals surface area contributed by atoms with Crippen molar-refractivity contribution in [3.63, 3.8) is 0 Å². The van der Waals surface area contributed by atoms with Crippen molar-refractivity contribution in [3.8, 4) is 0 Å². The summed E-state index contributed by atoms with van der Waals surface area (Å²) in [6.07, 6.45) is 2.39. The number of nitrogens with one attached hydrogen (secondary N) is 1. The maximum absolute atomic E-state index is 8.74. The molecule has 0 atom stereocenters. The van der Waals surface area contributed by atoms with Crippen LogP contribution in [-0.4, -0.2) is 35.5 Å². The molecule has 9 nitrogen and oxygen atoms in total. The van der Waals surface area contributed by atoms with Crippen LogP contribution >= 0.6 is 0 Å². The van der Waals surface area contributed by atoms with E-state index < -0.39 is 10.4 Å². The lowest BCUT2D eigenvalue weighted by Crippen LogP contribution is -2.20. The van der Waals surface area contributed by atoms with Crippen LogP contribution in [0.5, 0.6) is 0 Å². The van der Waals surface area contributed by atoms with Crippen molar-refractivity contribution < 1.29 is 23.0 Å². The lowest BCUT2D eigenvalue weighted by atomic mass is 10.3. The molecule has 0 aromatic rings. The summed E-state index contributed by atoms with van der Waals surface area (Å²) < 4.78 is 31.6. The normalized spacial score (nSPS) is 8.27. The lowest BCUT2D eigenvalue weighted by Gasteiger charge is -1.80. The van der Waals surface area contributed by atoms with Gasteiger partial charge < -0.3 is 22.7 Å². The van der Waals surface area contributed by atoms with Crippen LogP contribution in [0.2, 0.25) is 0 Å². The Balaban J connectivity index is -0.0000000590. The Morgan fingerprint density at radius 3 is 1.53 bits per heavy atom. The maximum atomic E-state index is 8.74. The average molecular weight is 248 g/mol. The minimum absolute atomic E-state index is 0. The lowest BCUT2D eigenvalue weighted by molar-refractivity contribution is 0.381. The molecule has 0 aromatic heterocycles. The molecular formula is C5H20N4O5S. The largest absolute Gasteiger partial charge is 0.412 e. The highest BCUT2D eigenvalue weighted by Crippen LogP contribution is 1.77. The van der Waals surface area contributed by atoms with Crippen molar-refractivity contribution in [2.75, 3.05) is 6.54 Å². The van der Waals surface area contributed by atoms with E-state index in [0.29, 0.717) is 0 Å². The van der Waals surface area contributed by atoms with Crippen LogP contribution < -0.4 is 17.2 Å². The van der Waals surface area contributed by atoms with Crippen LogP contribution in [0, 0.1) is 5.41 Å². The monoisotopic (exact) mass is 248 g/mol. The van der Waals surface area contributed by atoms with Crippen LogP contribution in [0.3, 0.4) is 0 Å². The van der Waals surface area contributed by atoms with Crippen LogP contribution in [0.25, 0.3) is 0 Å². The molecule has 0 rings (SSSR count).